The molecule has 0 bridgehead atoms. The van der Waals surface area contributed by atoms with E-state index in [0.29, 0.717) is 11.5 Å². The van der Waals surface area contributed by atoms with Crippen molar-refractivity contribution in [1.82, 2.24) is 0 Å². The van der Waals surface area contributed by atoms with Crippen LogP contribution in [0.3, 0.4) is 0 Å². The quantitative estimate of drug-likeness (QED) is 0.724. The Kier molecular flexibility index (Phi) is 3.28. The van der Waals surface area contributed by atoms with E-state index in [4.69, 9.17) is 4.74 Å². The van der Waals surface area contributed by atoms with E-state index in [0.717, 1.165) is 17.9 Å². The van der Waals surface area contributed by atoms with E-state index in [2.05, 4.69) is 0 Å². The Morgan fingerprint density at radius 2 is 2.19 bits per heavy atom. The van der Waals surface area contributed by atoms with Crippen LogP contribution in [-0.2, 0) is 0 Å². The molecule has 0 unspecified atom stereocenters. The Morgan fingerprint density at radius 3 is 2.75 bits per heavy atom. The van der Waals surface area contributed by atoms with Crippen molar-refractivity contribution in [3.05, 3.63) is 29.3 Å². The van der Waals surface area contributed by atoms with Gasteiger partial charge in [-0.3, -0.25) is 4.79 Å². The smallest absolute Gasteiger partial charge is 0.163 e. The Balaban J connectivity index is 2.08. The average Bonchev–Trinajstić information content (AvgIpc) is 2.17. The van der Waals surface area contributed by atoms with Crippen LogP contribution >= 0.6 is 0 Å². The fourth-order valence-corrected chi connectivity index (χ4v) is 1.91. The lowest BCUT2D eigenvalue weighted by Crippen LogP contribution is -2.19. The summed E-state index contributed by atoms with van der Waals surface area (Å²) in [5.74, 6) is 1.51. The Labute approximate surface area is 96.6 Å². The molecule has 1 aromatic rings. The minimum atomic E-state index is 0.0762. The number of aryl methyl sites for hydroxylation is 1. The van der Waals surface area contributed by atoms with Gasteiger partial charge in [0.05, 0.1) is 12.2 Å². The molecule has 0 atom stereocenters. The van der Waals surface area contributed by atoms with Crippen molar-refractivity contribution in [2.24, 2.45) is 5.92 Å². The van der Waals surface area contributed by atoms with Crippen LogP contribution < -0.4 is 4.74 Å². The lowest BCUT2D eigenvalue weighted by molar-refractivity contribution is 0.101. The van der Waals surface area contributed by atoms with Gasteiger partial charge in [-0.25, -0.2) is 0 Å². The minimum Gasteiger partial charge on any atom is -0.493 e. The van der Waals surface area contributed by atoms with E-state index in [1.54, 1.807) is 6.92 Å². The summed E-state index contributed by atoms with van der Waals surface area (Å²) in [6, 6.07) is 5.80. The molecule has 86 valence electrons. The summed E-state index contributed by atoms with van der Waals surface area (Å²) in [5, 5.41) is 0. The third kappa shape index (κ3) is 2.43. The second-order valence-electron chi connectivity index (χ2n) is 4.66. The predicted octanol–water partition coefficient (Wildman–Crippen LogP) is 3.38. The highest BCUT2D eigenvalue weighted by Gasteiger charge is 2.19. The highest BCUT2D eigenvalue weighted by atomic mass is 16.5. The molecule has 16 heavy (non-hydrogen) atoms. The lowest BCUT2D eigenvalue weighted by Gasteiger charge is -2.25. The molecule has 0 spiro atoms. The Hall–Kier alpha value is -1.31. The van der Waals surface area contributed by atoms with Crippen molar-refractivity contribution in [3.8, 4) is 5.75 Å². The number of hydrogen-bond donors (Lipinski definition) is 0. The van der Waals surface area contributed by atoms with Gasteiger partial charge in [0.15, 0.2) is 5.78 Å². The average molecular weight is 218 g/mol. The normalized spacial score (nSPS) is 15.6. The van der Waals surface area contributed by atoms with E-state index in [-0.39, 0.29) is 5.78 Å². The number of benzene rings is 1. The van der Waals surface area contributed by atoms with Crippen molar-refractivity contribution in [3.63, 3.8) is 0 Å². The van der Waals surface area contributed by atoms with E-state index >= 15 is 0 Å². The number of hydrogen-bond acceptors (Lipinski definition) is 2. The topological polar surface area (TPSA) is 26.3 Å². The first kappa shape index (κ1) is 11.2. The van der Waals surface area contributed by atoms with Crippen LogP contribution in [0.1, 0.15) is 42.1 Å². The summed E-state index contributed by atoms with van der Waals surface area (Å²) in [4.78, 5) is 11.5. The molecule has 2 nitrogen and oxygen atoms in total. The summed E-state index contributed by atoms with van der Waals surface area (Å²) < 4.78 is 5.74. The number of ketones is 1. The Morgan fingerprint density at radius 1 is 1.44 bits per heavy atom. The van der Waals surface area contributed by atoms with Crippen LogP contribution in [0.5, 0.6) is 5.75 Å². The molecular weight excluding hydrogens is 200 g/mol. The second-order valence-corrected chi connectivity index (χ2v) is 4.66. The first-order valence-corrected chi connectivity index (χ1v) is 5.91. The molecular formula is C14H18O2. The van der Waals surface area contributed by atoms with Gasteiger partial charge in [0, 0.05) is 0 Å². The minimum absolute atomic E-state index is 0.0762. The van der Waals surface area contributed by atoms with Crippen LogP contribution in [0.2, 0.25) is 0 Å². The highest BCUT2D eigenvalue weighted by Crippen LogP contribution is 2.28. The van der Waals surface area contributed by atoms with Gasteiger partial charge in [-0.2, -0.15) is 0 Å². The maximum Gasteiger partial charge on any atom is 0.163 e. The molecule has 1 aromatic carbocycles. The largest absolute Gasteiger partial charge is 0.493 e. The van der Waals surface area contributed by atoms with Crippen molar-refractivity contribution < 1.29 is 9.53 Å². The zero-order chi connectivity index (χ0) is 11.5. The van der Waals surface area contributed by atoms with Gasteiger partial charge in [0.1, 0.15) is 5.75 Å². The summed E-state index contributed by atoms with van der Waals surface area (Å²) in [6.45, 7) is 4.33. The van der Waals surface area contributed by atoms with Gasteiger partial charge >= 0.3 is 0 Å². The first-order valence-electron chi connectivity index (χ1n) is 5.91. The van der Waals surface area contributed by atoms with Gasteiger partial charge in [-0.05, 0) is 44.7 Å². The number of ether oxygens (including phenoxy) is 1. The van der Waals surface area contributed by atoms with Crippen LogP contribution in [0.25, 0.3) is 0 Å². The molecule has 1 aliphatic carbocycles. The van der Waals surface area contributed by atoms with Gasteiger partial charge in [-0.1, -0.05) is 18.1 Å². The number of carbonyl (C=O) groups is 1. The van der Waals surface area contributed by atoms with Crippen LogP contribution in [0.15, 0.2) is 18.2 Å². The van der Waals surface area contributed by atoms with Gasteiger partial charge in [0.25, 0.3) is 0 Å². The van der Waals surface area contributed by atoms with Gasteiger partial charge < -0.3 is 4.74 Å². The van der Waals surface area contributed by atoms with Crippen LogP contribution in [0, 0.1) is 12.8 Å². The molecule has 0 saturated heterocycles. The fraction of sp³-hybridized carbons (Fsp3) is 0.500. The highest BCUT2D eigenvalue weighted by molar-refractivity contribution is 5.97. The van der Waals surface area contributed by atoms with E-state index in [1.807, 2.05) is 25.1 Å². The molecule has 2 heteroatoms. The van der Waals surface area contributed by atoms with Crippen molar-refractivity contribution in [2.75, 3.05) is 6.61 Å². The molecule has 1 aliphatic rings. The van der Waals surface area contributed by atoms with Gasteiger partial charge in [-0.15, -0.1) is 0 Å². The zero-order valence-corrected chi connectivity index (χ0v) is 9.95. The second kappa shape index (κ2) is 4.69. The summed E-state index contributed by atoms with van der Waals surface area (Å²) in [7, 11) is 0. The number of carbonyl (C=O) groups excluding carboxylic acids is 1. The predicted molar refractivity (Wildman–Crippen MR) is 64.0 cm³/mol. The molecule has 0 N–H and O–H groups in total. The maximum atomic E-state index is 11.5. The molecule has 0 aliphatic heterocycles. The molecule has 1 saturated carbocycles. The fourth-order valence-electron chi connectivity index (χ4n) is 1.91. The molecule has 0 heterocycles. The van der Waals surface area contributed by atoms with Crippen molar-refractivity contribution in [1.29, 1.82) is 0 Å². The Bertz CT molecular complexity index is 392. The number of rotatable bonds is 4. The standard InChI is InChI=1S/C14H18O2/c1-10-6-7-14(13(8-10)11(2)15)16-9-12-4-3-5-12/h6-8,12H,3-5,9H2,1-2H3. The zero-order valence-electron chi connectivity index (χ0n) is 9.95. The third-order valence-electron chi connectivity index (χ3n) is 3.21. The van der Waals surface area contributed by atoms with E-state index < -0.39 is 0 Å². The van der Waals surface area contributed by atoms with Crippen molar-refractivity contribution >= 4 is 5.78 Å². The molecule has 0 radical (unpaired) electrons. The summed E-state index contributed by atoms with van der Waals surface area (Å²) >= 11 is 0. The monoisotopic (exact) mass is 218 g/mol. The lowest BCUT2D eigenvalue weighted by atomic mass is 9.86. The maximum absolute atomic E-state index is 11.5. The van der Waals surface area contributed by atoms with Crippen LogP contribution in [-0.4, -0.2) is 12.4 Å². The van der Waals surface area contributed by atoms with Crippen molar-refractivity contribution in [2.45, 2.75) is 33.1 Å². The summed E-state index contributed by atoms with van der Waals surface area (Å²) in [5.41, 5.74) is 1.81. The molecule has 0 amide bonds. The van der Waals surface area contributed by atoms with E-state index in [9.17, 15) is 4.79 Å². The van der Waals surface area contributed by atoms with E-state index in [1.165, 1.54) is 19.3 Å². The van der Waals surface area contributed by atoms with Gasteiger partial charge in [0.2, 0.25) is 0 Å². The summed E-state index contributed by atoms with van der Waals surface area (Å²) in [6.07, 6.45) is 3.85. The SMILES string of the molecule is CC(=O)c1cc(C)ccc1OCC1CCC1. The number of Topliss-reactive ketones (excluding diaryl/α,β-unsaturated/α-hetero) is 1. The first-order chi connectivity index (χ1) is 7.66. The van der Waals surface area contributed by atoms with Crippen LogP contribution in [0.4, 0.5) is 0 Å². The molecule has 2 rings (SSSR count). The molecule has 1 fully saturated rings. The molecule has 0 aromatic heterocycles. The third-order valence-corrected chi connectivity index (χ3v) is 3.21.